The lowest BCUT2D eigenvalue weighted by atomic mass is 10.1. The fraction of sp³-hybridized carbons (Fsp3) is 0.160. The minimum Gasteiger partial charge on any atom is -0.480 e. The Hall–Kier alpha value is -4.47. The van der Waals surface area contributed by atoms with Crippen LogP contribution in [0, 0.1) is 11.6 Å². The first kappa shape index (κ1) is 27.1. The van der Waals surface area contributed by atoms with Crippen LogP contribution in [0.5, 0.6) is 10.9 Å². The Kier molecular flexibility index (Phi) is 7.42. The minimum atomic E-state index is -0.982. The number of aromatic nitrogens is 4. The molecule has 0 aliphatic heterocycles. The highest BCUT2D eigenvalue weighted by Gasteiger charge is 2.26. The molecule has 0 fully saturated rings. The molecule has 4 aromatic heterocycles. The van der Waals surface area contributed by atoms with Gasteiger partial charge in [-0.05, 0) is 37.4 Å². The summed E-state index contributed by atoms with van der Waals surface area (Å²) in [5.74, 6) is -1.63. The average Bonchev–Trinajstić information content (AvgIpc) is 3.53. The number of nitrogens with zero attached hydrogens (tertiary/aromatic N) is 4. The quantitative estimate of drug-likeness (QED) is 0.282. The van der Waals surface area contributed by atoms with Crippen LogP contribution in [0.15, 0.2) is 52.1 Å². The number of nitrogens with two attached hydrogens (primary N) is 1. The van der Waals surface area contributed by atoms with Crippen LogP contribution in [0.2, 0.25) is 0 Å². The molecule has 11 nitrogen and oxygen atoms in total. The molecule has 0 aliphatic rings. The Balaban J connectivity index is 1.84. The van der Waals surface area contributed by atoms with Gasteiger partial charge in [0, 0.05) is 28.6 Å². The van der Waals surface area contributed by atoms with E-state index in [1.165, 1.54) is 25.3 Å². The lowest BCUT2D eigenvalue weighted by Gasteiger charge is -2.13. The number of carbonyl (C=O) groups excluding carboxylic acids is 1. The van der Waals surface area contributed by atoms with Crippen molar-refractivity contribution in [3.63, 3.8) is 0 Å². The molecule has 0 atom stereocenters. The summed E-state index contributed by atoms with van der Waals surface area (Å²) < 4.78 is 41.4. The molecule has 0 saturated heterocycles. The number of primary amides is 1. The smallest absolute Gasteiger partial charge is 0.410 e. The van der Waals surface area contributed by atoms with Crippen molar-refractivity contribution in [3.05, 3.63) is 86.1 Å². The van der Waals surface area contributed by atoms with E-state index in [4.69, 9.17) is 15.2 Å². The van der Waals surface area contributed by atoms with Gasteiger partial charge in [0.2, 0.25) is 5.88 Å². The summed E-state index contributed by atoms with van der Waals surface area (Å²) in [5, 5.41) is 11.2. The van der Waals surface area contributed by atoms with Crippen molar-refractivity contribution in [3.8, 4) is 26.5 Å². The van der Waals surface area contributed by atoms with E-state index in [1.807, 2.05) is 0 Å². The Morgan fingerprint density at radius 2 is 1.80 bits per heavy atom. The van der Waals surface area contributed by atoms with E-state index in [2.05, 4.69) is 15.5 Å². The predicted octanol–water partition coefficient (Wildman–Crippen LogP) is 3.24. The molecule has 4 heterocycles. The zero-order valence-corrected chi connectivity index (χ0v) is 22.6. The van der Waals surface area contributed by atoms with Gasteiger partial charge in [-0.3, -0.25) is 9.36 Å². The molecule has 0 aliphatic carbocycles. The van der Waals surface area contributed by atoms with Gasteiger partial charge in [0.05, 0.1) is 23.9 Å². The van der Waals surface area contributed by atoms with Gasteiger partial charge in [0.1, 0.15) is 16.5 Å². The highest BCUT2D eigenvalue weighted by molar-refractivity contribution is 7.26. The van der Waals surface area contributed by atoms with Crippen LogP contribution in [-0.4, -0.2) is 39.6 Å². The molecule has 0 saturated carbocycles. The van der Waals surface area contributed by atoms with E-state index in [-0.39, 0.29) is 39.1 Å². The van der Waals surface area contributed by atoms with Gasteiger partial charge in [-0.2, -0.15) is 0 Å². The van der Waals surface area contributed by atoms with Crippen molar-refractivity contribution in [1.82, 2.24) is 24.6 Å². The Morgan fingerprint density at radius 1 is 1.05 bits per heavy atom. The number of carbonyl (C=O) groups is 1. The second-order valence-corrected chi connectivity index (χ2v) is 10.3. The largest absolute Gasteiger partial charge is 0.480 e. The zero-order valence-electron chi connectivity index (χ0n) is 20.9. The number of ether oxygens (including phenoxy) is 2. The predicted molar refractivity (Wildman–Crippen MR) is 146 cm³/mol. The molecular weight excluding hydrogens is 566 g/mol. The third kappa shape index (κ3) is 4.85. The fourth-order valence-electron chi connectivity index (χ4n) is 4.13. The van der Waals surface area contributed by atoms with Crippen LogP contribution in [0.4, 0.5) is 13.6 Å². The van der Waals surface area contributed by atoms with Crippen molar-refractivity contribution >= 4 is 39.0 Å². The van der Waals surface area contributed by atoms with E-state index in [0.29, 0.717) is 15.3 Å². The number of halogens is 2. The number of methoxy groups -OCH3 is 1. The van der Waals surface area contributed by atoms with Crippen molar-refractivity contribution in [1.29, 1.82) is 0 Å². The number of fused-ring (bicyclic) bond motifs is 1. The highest BCUT2D eigenvalue weighted by atomic mass is 32.1. The summed E-state index contributed by atoms with van der Waals surface area (Å²) in [6.07, 6.45) is -0.982. The van der Waals surface area contributed by atoms with Crippen LogP contribution in [0.25, 0.3) is 25.8 Å². The maximum atomic E-state index is 14.7. The Bertz CT molecular complexity index is 1840. The van der Waals surface area contributed by atoms with Crippen LogP contribution < -0.4 is 31.8 Å². The topological polar surface area (TPSA) is 143 Å². The Labute approximate surface area is 232 Å². The van der Waals surface area contributed by atoms with Crippen molar-refractivity contribution in [2.75, 3.05) is 14.2 Å². The number of benzene rings is 1. The minimum absolute atomic E-state index is 0.100. The summed E-state index contributed by atoms with van der Waals surface area (Å²) in [5.41, 5.74) is 3.75. The molecule has 3 N–H and O–H groups in total. The first-order valence-corrected chi connectivity index (χ1v) is 13.2. The second kappa shape index (κ2) is 11.0. The molecule has 206 valence electrons. The molecule has 15 heteroatoms. The lowest BCUT2D eigenvalue weighted by Crippen LogP contribution is -2.39. The zero-order chi connectivity index (χ0) is 28.6. The number of hydrogen-bond acceptors (Lipinski definition) is 10. The molecule has 5 aromatic rings. The molecular formula is C25H20F2N6O5S2. The first-order valence-electron chi connectivity index (χ1n) is 11.6. The standard InChI is InChI=1S/C25H20F2N6O5S2/c1-29-10-12-20-22(34)33(17-7-8-18(37-2)31-30-17)25(36)32(11-13-14(26)4-3-5-15(13)27)23(20)40-21(12)16-6-9-19(39-16)38-24(28)35/h3-9,29H,10-11H2,1-2H3,(H2,28,35). The summed E-state index contributed by atoms with van der Waals surface area (Å²) in [4.78, 5) is 40.4. The molecule has 5 rings (SSSR count). The summed E-state index contributed by atoms with van der Waals surface area (Å²) in [6, 6.07) is 9.43. The maximum absolute atomic E-state index is 14.7. The van der Waals surface area contributed by atoms with Gasteiger partial charge < -0.3 is 20.5 Å². The SMILES string of the molecule is CNCc1c(-c2ccc(OC(N)=O)s2)sc2c1c(=O)n(-c1ccc(OC)nn1)c(=O)n2Cc1c(F)cccc1F. The van der Waals surface area contributed by atoms with Gasteiger partial charge in [-0.15, -0.1) is 21.5 Å². The van der Waals surface area contributed by atoms with Gasteiger partial charge in [0.15, 0.2) is 10.9 Å². The number of nitrogens with one attached hydrogen (secondary N) is 1. The molecule has 0 radical (unpaired) electrons. The van der Waals surface area contributed by atoms with Crippen molar-refractivity contribution < 1.29 is 23.0 Å². The molecule has 1 aromatic carbocycles. The van der Waals surface area contributed by atoms with Crippen molar-refractivity contribution in [2.24, 2.45) is 5.73 Å². The van der Waals surface area contributed by atoms with Gasteiger partial charge in [0.25, 0.3) is 5.56 Å². The van der Waals surface area contributed by atoms with Crippen LogP contribution in [-0.2, 0) is 13.1 Å². The normalized spacial score (nSPS) is 11.2. The number of amides is 1. The monoisotopic (exact) mass is 586 g/mol. The fourth-order valence-corrected chi connectivity index (χ4v) is 6.44. The lowest BCUT2D eigenvalue weighted by molar-refractivity contribution is 0.212. The number of rotatable bonds is 8. The summed E-state index contributed by atoms with van der Waals surface area (Å²) >= 11 is 2.20. The number of thiophene rings is 2. The third-order valence-corrected chi connectivity index (χ3v) is 8.27. The van der Waals surface area contributed by atoms with E-state index < -0.39 is 35.5 Å². The van der Waals surface area contributed by atoms with E-state index in [0.717, 1.165) is 43.9 Å². The molecule has 0 bridgehead atoms. The summed E-state index contributed by atoms with van der Waals surface area (Å²) in [7, 11) is 3.07. The van der Waals surface area contributed by atoms with Gasteiger partial charge in [-0.1, -0.05) is 17.4 Å². The summed E-state index contributed by atoms with van der Waals surface area (Å²) in [6.45, 7) is -0.299. The maximum Gasteiger partial charge on any atom is 0.410 e. The van der Waals surface area contributed by atoms with E-state index in [1.54, 1.807) is 19.2 Å². The molecule has 1 amide bonds. The van der Waals surface area contributed by atoms with Gasteiger partial charge >= 0.3 is 11.8 Å². The molecule has 0 spiro atoms. The van der Waals surface area contributed by atoms with Crippen LogP contribution in [0.3, 0.4) is 0 Å². The van der Waals surface area contributed by atoms with Crippen LogP contribution in [0.1, 0.15) is 11.1 Å². The van der Waals surface area contributed by atoms with Crippen LogP contribution >= 0.6 is 22.7 Å². The second-order valence-electron chi connectivity index (χ2n) is 8.30. The molecule has 0 unspecified atom stereocenters. The van der Waals surface area contributed by atoms with Crippen molar-refractivity contribution in [2.45, 2.75) is 13.1 Å². The third-order valence-electron chi connectivity index (χ3n) is 5.87. The Morgan fingerprint density at radius 3 is 2.42 bits per heavy atom. The highest BCUT2D eigenvalue weighted by Crippen LogP contribution is 2.42. The van der Waals surface area contributed by atoms with E-state index in [9.17, 15) is 23.2 Å². The van der Waals surface area contributed by atoms with Gasteiger partial charge in [-0.25, -0.2) is 22.9 Å². The van der Waals surface area contributed by atoms with E-state index >= 15 is 0 Å². The molecule has 40 heavy (non-hydrogen) atoms. The number of hydrogen-bond donors (Lipinski definition) is 2. The first-order chi connectivity index (χ1) is 19.2. The average molecular weight is 587 g/mol.